The van der Waals surface area contributed by atoms with Crippen molar-refractivity contribution in [3.8, 4) is 11.5 Å². The SMILES string of the molecule is CCOc1ccc(N2C[C@@H](c3nc4ccccc4n3CCOc3ccc(Cl)c(C)c3)CC2=O)cc1. The van der Waals surface area contributed by atoms with Crippen LogP contribution in [0.15, 0.2) is 66.7 Å². The van der Waals surface area contributed by atoms with Crippen LogP contribution < -0.4 is 14.4 Å². The standard InChI is InChI=1S/C28H28ClN3O3/c1-3-34-22-10-8-21(9-11-22)32-18-20(17-27(32)33)28-30-25-6-4-5-7-26(25)31(28)14-15-35-23-12-13-24(29)19(2)16-23/h4-13,16,20H,3,14-15,17-18H2,1-2H3/t20-/m0/s1. The Hall–Kier alpha value is -3.51. The highest BCUT2D eigenvalue weighted by atomic mass is 35.5. The maximum Gasteiger partial charge on any atom is 0.227 e. The first-order chi connectivity index (χ1) is 17.0. The van der Waals surface area contributed by atoms with Crippen LogP contribution in [0.25, 0.3) is 11.0 Å². The zero-order chi connectivity index (χ0) is 24.4. The Kier molecular flexibility index (Phi) is 6.64. The number of anilines is 1. The Balaban J connectivity index is 1.36. The zero-order valence-electron chi connectivity index (χ0n) is 19.9. The van der Waals surface area contributed by atoms with Crippen molar-refractivity contribution in [2.75, 3.05) is 24.7 Å². The van der Waals surface area contributed by atoms with Gasteiger partial charge in [0.1, 0.15) is 23.9 Å². The first-order valence-electron chi connectivity index (χ1n) is 11.9. The van der Waals surface area contributed by atoms with Crippen molar-refractivity contribution in [1.82, 2.24) is 9.55 Å². The van der Waals surface area contributed by atoms with Crippen molar-refractivity contribution in [2.24, 2.45) is 0 Å². The monoisotopic (exact) mass is 489 g/mol. The highest BCUT2D eigenvalue weighted by Gasteiger charge is 2.34. The van der Waals surface area contributed by atoms with Crippen molar-refractivity contribution in [3.05, 3.63) is 83.1 Å². The van der Waals surface area contributed by atoms with Gasteiger partial charge in [0.2, 0.25) is 5.91 Å². The van der Waals surface area contributed by atoms with Gasteiger partial charge in [-0.3, -0.25) is 4.79 Å². The van der Waals surface area contributed by atoms with Crippen molar-refractivity contribution in [2.45, 2.75) is 32.7 Å². The van der Waals surface area contributed by atoms with Crippen molar-refractivity contribution >= 4 is 34.2 Å². The lowest BCUT2D eigenvalue weighted by Crippen LogP contribution is -2.24. The van der Waals surface area contributed by atoms with Gasteiger partial charge in [-0.05, 0) is 74.0 Å². The summed E-state index contributed by atoms with van der Waals surface area (Å²) in [7, 11) is 0. The fourth-order valence-corrected chi connectivity index (χ4v) is 4.74. The van der Waals surface area contributed by atoms with E-state index in [2.05, 4.69) is 10.6 Å². The number of carbonyl (C=O) groups is 1. The summed E-state index contributed by atoms with van der Waals surface area (Å²) in [5.74, 6) is 2.61. The first kappa shape index (κ1) is 23.2. The van der Waals surface area contributed by atoms with Gasteiger partial charge >= 0.3 is 0 Å². The lowest BCUT2D eigenvalue weighted by Gasteiger charge is -2.18. The van der Waals surface area contributed by atoms with E-state index in [1.165, 1.54) is 0 Å². The molecule has 0 bridgehead atoms. The van der Waals surface area contributed by atoms with E-state index in [1.54, 1.807) is 0 Å². The molecule has 4 aromatic rings. The number of hydrogen-bond acceptors (Lipinski definition) is 4. The van der Waals surface area contributed by atoms with Crippen LogP contribution in [0.4, 0.5) is 5.69 Å². The lowest BCUT2D eigenvalue weighted by atomic mass is 10.1. The lowest BCUT2D eigenvalue weighted by molar-refractivity contribution is -0.117. The van der Waals surface area contributed by atoms with E-state index >= 15 is 0 Å². The predicted molar refractivity (Wildman–Crippen MR) is 139 cm³/mol. The fourth-order valence-electron chi connectivity index (χ4n) is 4.62. The molecule has 0 N–H and O–H groups in total. The van der Waals surface area contributed by atoms with Gasteiger partial charge in [0.15, 0.2) is 0 Å². The third kappa shape index (κ3) is 4.84. The van der Waals surface area contributed by atoms with Gasteiger partial charge in [-0.25, -0.2) is 4.98 Å². The summed E-state index contributed by atoms with van der Waals surface area (Å²) in [5, 5.41) is 0.725. The summed E-state index contributed by atoms with van der Waals surface area (Å²) in [6.45, 7) is 6.23. The number of aromatic nitrogens is 2. The molecule has 1 aliphatic rings. The molecule has 1 aromatic heterocycles. The average molecular weight is 490 g/mol. The summed E-state index contributed by atoms with van der Waals surface area (Å²) < 4.78 is 13.8. The number of para-hydroxylation sites is 2. The smallest absolute Gasteiger partial charge is 0.227 e. The minimum absolute atomic E-state index is 0.000699. The molecular weight excluding hydrogens is 462 g/mol. The molecule has 180 valence electrons. The van der Waals surface area contributed by atoms with Crippen LogP contribution in [0.5, 0.6) is 11.5 Å². The van der Waals surface area contributed by atoms with Gasteiger partial charge in [0.25, 0.3) is 0 Å². The molecule has 5 rings (SSSR count). The minimum atomic E-state index is -0.000699. The maximum absolute atomic E-state index is 13.0. The summed E-state index contributed by atoms with van der Waals surface area (Å²) in [5.41, 5.74) is 3.84. The molecule has 35 heavy (non-hydrogen) atoms. The third-order valence-corrected chi connectivity index (χ3v) is 6.77. The molecule has 3 aromatic carbocycles. The van der Waals surface area contributed by atoms with Crippen molar-refractivity contribution in [1.29, 1.82) is 0 Å². The molecule has 0 aliphatic carbocycles. The highest BCUT2D eigenvalue weighted by Crippen LogP contribution is 2.34. The second-order valence-electron chi connectivity index (χ2n) is 8.70. The van der Waals surface area contributed by atoms with Crippen LogP contribution in [-0.2, 0) is 11.3 Å². The van der Waals surface area contributed by atoms with Crippen molar-refractivity contribution in [3.63, 3.8) is 0 Å². The number of fused-ring (bicyclic) bond motifs is 1. The minimum Gasteiger partial charge on any atom is -0.494 e. The van der Waals surface area contributed by atoms with Gasteiger partial charge in [-0.1, -0.05) is 23.7 Å². The van der Waals surface area contributed by atoms with Crippen molar-refractivity contribution < 1.29 is 14.3 Å². The molecule has 7 heteroatoms. The quantitative estimate of drug-likeness (QED) is 0.305. The van der Waals surface area contributed by atoms with E-state index in [9.17, 15) is 4.79 Å². The number of halogens is 1. The Morgan fingerprint density at radius 1 is 1.03 bits per heavy atom. The Bertz CT molecular complexity index is 1350. The molecule has 0 spiro atoms. The summed E-state index contributed by atoms with van der Waals surface area (Å²) in [6.07, 6.45) is 0.424. The number of ether oxygens (including phenoxy) is 2. The van der Waals surface area contributed by atoms with Gasteiger partial charge in [0, 0.05) is 29.6 Å². The second kappa shape index (κ2) is 10.0. The number of imidazole rings is 1. The van der Waals surface area contributed by atoms with Gasteiger partial charge in [-0.2, -0.15) is 0 Å². The summed E-state index contributed by atoms with van der Waals surface area (Å²) in [6, 6.07) is 21.5. The normalized spacial score (nSPS) is 15.7. The van der Waals surface area contributed by atoms with E-state index in [4.69, 9.17) is 26.1 Å². The Morgan fingerprint density at radius 3 is 2.57 bits per heavy atom. The van der Waals surface area contributed by atoms with Gasteiger partial charge < -0.3 is 18.9 Å². The molecule has 1 fully saturated rings. The van der Waals surface area contributed by atoms with Crippen LogP contribution in [0, 0.1) is 6.92 Å². The third-order valence-electron chi connectivity index (χ3n) is 6.35. The number of carbonyl (C=O) groups excluding carboxylic acids is 1. The molecule has 0 unspecified atom stereocenters. The van der Waals surface area contributed by atoms with Crippen LogP contribution in [0.3, 0.4) is 0 Å². The number of rotatable bonds is 8. The fraction of sp³-hybridized carbons (Fsp3) is 0.286. The Labute approximate surface area is 210 Å². The molecule has 1 saturated heterocycles. The maximum atomic E-state index is 13.0. The number of amides is 1. The second-order valence-corrected chi connectivity index (χ2v) is 9.11. The molecule has 2 heterocycles. The molecule has 1 aliphatic heterocycles. The van der Waals surface area contributed by atoms with E-state index in [1.807, 2.05) is 79.4 Å². The molecule has 0 radical (unpaired) electrons. The van der Waals surface area contributed by atoms with E-state index in [0.717, 1.165) is 44.6 Å². The average Bonchev–Trinajstić information content (AvgIpc) is 3.43. The van der Waals surface area contributed by atoms with Crippen LogP contribution in [0.2, 0.25) is 5.02 Å². The summed E-state index contributed by atoms with van der Waals surface area (Å²) in [4.78, 5) is 19.8. The zero-order valence-corrected chi connectivity index (χ0v) is 20.7. The van der Waals surface area contributed by atoms with E-state index in [0.29, 0.717) is 32.7 Å². The Morgan fingerprint density at radius 2 is 1.80 bits per heavy atom. The molecule has 1 amide bonds. The molecule has 0 saturated carbocycles. The number of aryl methyl sites for hydroxylation is 1. The predicted octanol–water partition coefficient (Wildman–Crippen LogP) is 6.00. The van der Waals surface area contributed by atoms with Gasteiger partial charge in [0.05, 0.1) is 24.2 Å². The highest BCUT2D eigenvalue weighted by molar-refractivity contribution is 6.31. The summed E-state index contributed by atoms with van der Waals surface area (Å²) >= 11 is 6.14. The number of benzene rings is 3. The van der Waals surface area contributed by atoms with Crippen LogP contribution in [-0.4, -0.2) is 35.2 Å². The molecular formula is C28H28ClN3O3. The van der Waals surface area contributed by atoms with Gasteiger partial charge in [-0.15, -0.1) is 0 Å². The first-order valence-corrected chi connectivity index (χ1v) is 12.3. The number of hydrogen-bond donors (Lipinski definition) is 0. The topological polar surface area (TPSA) is 56.6 Å². The van der Waals surface area contributed by atoms with E-state index in [-0.39, 0.29) is 11.8 Å². The van der Waals surface area contributed by atoms with E-state index < -0.39 is 0 Å². The molecule has 6 nitrogen and oxygen atoms in total. The molecule has 1 atom stereocenters. The number of nitrogens with zero attached hydrogens (tertiary/aromatic N) is 3. The van der Waals surface area contributed by atoms with Crippen LogP contribution >= 0.6 is 11.6 Å². The largest absolute Gasteiger partial charge is 0.494 e. The van der Waals surface area contributed by atoms with Crippen LogP contribution in [0.1, 0.15) is 30.7 Å².